The van der Waals surface area contributed by atoms with Crippen molar-refractivity contribution in [3.63, 3.8) is 0 Å². The zero-order valence-corrected chi connectivity index (χ0v) is 19.0. The van der Waals surface area contributed by atoms with Crippen LogP contribution in [0.4, 0.5) is 11.4 Å². The van der Waals surface area contributed by atoms with Crippen LogP contribution in [0.1, 0.15) is 15.9 Å². The molecule has 0 unspecified atom stereocenters. The van der Waals surface area contributed by atoms with Crippen LogP contribution >= 0.6 is 0 Å². The van der Waals surface area contributed by atoms with Crippen molar-refractivity contribution in [2.45, 2.75) is 0 Å². The van der Waals surface area contributed by atoms with Crippen LogP contribution < -0.4 is 20.8 Å². The fourth-order valence-corrected chi connectivity index (χ4v) is 3.19. The molecule has 0 heterocycles. The average molecular weight is 479 g/mol. The number of anilines is 2. The minimum absolute atomic E-state index is 0.195. The first-order valence-electron chi connectivity index (χ1n) is 11.0. The molecule has 0 aromatic heterocycles. The van der Waals surface area contributed by atoms with Crippen molar-refractivity contribution in [2.24, 2.45) is 5.10 Å². The molecule has 36 heavy (non-hydrogen) atoms. The molecule has 8 heteroatoms. The molecule has 0 spiro atoms. The number of hydrogen-bond acceptors (Lipinski definition) is 5. The van der Waals surface area contributed by atoms with Crippen LogP contribution in [-0.4, -0.2) is 23.9 Å². The van der Waals surface area contributed by atoms with Crippen LogP contribution in [0.5, 0.6) is 11.5 Å². The Morgan fingerprint density at radius 1 is 0.667 bits per heavy atom. The number of benzene rings is 4. The molecular formula is C28H22N4O4. The van der Waals surface area contributed by atoms with E-state index in [1.165, 1.54) is 12.3 Å². The van der Waals surface area contributed by atoms with Gasteiger partial charge in [0.15, 0.2) is 0 Å². The SMILES string of the molecule is O=C(NN=Cc1cccc(Oc2ccccc2)c1)C(=O)Nc1ccccc1C(=O)Nc1ccccc1. The Labute approximate surface area is 207 Å². The first kappa shape index (κ1) is 23.9. The number of carbonyl (C=O) groups excluding carboxylic acids is 3. The molecule has 4 aromatic carbocycles. The number of rotatable bonds is 7. The summed E-state index contributed by atoms with van der Waals surface area (Å²) in [7, 11) is 0. The highest BCUT2D eigenvalue weighted by Gasteiger charge is 2.17. The van der Waals surface area contributed by atoms with Crippen LogP contribution in [0.15, 0.2) is 114 Å². The lowest BCUT2D eigenvalue weighted by Crippen LogP contribution is -2.33. The van der Waals surface area contributed by atoms with E-state index in [1.807, 2.05) is 36.4 Å². The van der Waals surface area contributed by atoms with E-state index in [-0.39, 0.29) is 11.3 Å². The highest BCUT2D eigenvalue weighted by atomic mass is 16.5. The van der Waals surface area contributed by atoms with Crippen molar-refractivity contribution < 1.29 is 19.1 Å². The van der Waals surface area contributed by atoms with E-state index in [0.717, 1.165) is 0 Å². The Hall–Kier alpha value is -5.24. The Morgan fingerprint density at radius 3 is 2.11 bits per heavy atom. The van der Waals surface area contributed by atoms with Gasteiger partial charge in [-0.3, -0.25) is 14.4 Å². The number of ether oxygens (including phenoxy) is 1. The van der Waals surface area contributed by atoms with Gasteiger partial charge in [0.25, 0.3) is 5.91 Å². The average Bonchev–Trinajstić information content (AvgIpc) is 2.90. The Kier molecular flexibility index (Phi) is 7.81. The van der Waals surface area contributed by atoms with Crippen LogP contribution in [-0.2, 0) is 9.59 Å². The Bertz CT molecular complexity index is 1390. The molecule has 0 bridgehead atoms. The second-order valence-electron chi connectivity index (χ2n) is 7.51. The molecule has 4 rings (SSSR count). The molecule has 0 aliphatic carbocycles. The molecule has 3 amide bonds. The molecule has 0 fully saturated rings. The summed E-state index contributed by atoms with van der Waals surface area (Å²) in [5, 5.41) is 9.05. The van der Waals surface area contributed by atoms with Crippen molar-refractivity contribution in [3.8, 4) is 11.5 Å². The van der Waals surface area contributed by atoms with E-state index in [0.29, 0.717) is 22.7 Å². The van der Waals surface area contributed by atoms with Gasteiger partial charge in [0.05, 0.1) is 17.5 Å². The number of hydrogen-bond donors (Lipinski definition) is 3. The Balaban J connectivity index is 1.35. The lowest BCUT2D eigenvalue weighted by molar-refractivity contribution is -0.136. The second-order valence-corrected chi connectivity index (χ2v) is 7.51. The fourth-order valence-electron chi connectivity index (χ4n) is 3.19. The molecule has 0 saturated carbocycles. The van der Waals surface area contributed by atoms with Gasteiger partial charge in [-0.15, -0.1) is 0 Å². The summed E-state index contributed by atoms with van der Waals surface area (Å²) in [5.41, 5.74) is 3.86. The zero-order valence-electron chi connectivity index (χ0n) is 19.0. The van der Waals surface area contributed by atoms with Crippen molar-refractivity contribution in [1.29, 1.82) is 0 Å². The predicted molar refractivity (Wildman–Crippen MR) is 138 cm³/mol. The predicted octanol–water partition coefficient (Wildman–Crippen LogP) is 4.82. The van der Waals surface area contributed by atoms with Crippen LogP contribution in [0.2, 0.25) is 0 Å². The van der Waals surface area contributed by atoms with E-state index in [2.05, 4.69) is 21.2 Å². The quantitative estimate of drug-likeness (QED) is 0.201. The van der Waals surface area contributed by atoms with Crippen molar-refractivity contribution in [3.05, 3.63) is 120 Å². The third kappa shape index (κ3) is 6.64. The minimum atomic E-state index is -0.985. The molecule has 178 valence electrons. The zero-order chi connectivity index (χ0) is 25.2. The third-order valence-corrected chi connectivity index (χ3v) is 4.87. The van der Waals surface area contributed by atoms with Crippen molar-refractivity contribution in [1.82, 2.24) is 5.43 Å². The van der Waals surface area contributed by atoms with Crippen molar-refractivity contribution in [2.75, 3.05) is 10.6 Å². The highest BCUT2D eigenvalue weighted by Crippen LogP contribution is 2.21. The monoisotopic (exact) mass is 478 g/mol. The lowest BCUT2D eigenvalue weighted by Gasteiger charge is -2.11. The number of carbonyl (C=O) groups is 3. The molecule has 0 aliphatic heterocycles. The van der Waals surface area contributed by atoms with Gasteiger partial charge in [-0.1, -0.05) is 60.7 Å². The van der Waals surface area contributed by atoms with E-state index in [4.69, 9.17) is 4.74 Å². The smallest absolute Gasteiger partial charge is 0.329 e. The summed E-state index contributed by atoms with van der Waals surface area (Å²) in [5.74, 6) is -1.09. The molecule has 0 saturated heterocycles. The molecule has 0 atom stereocenters. The normalized spacial score (nSPS) is 10.4. The van der Waals surface area contributed by atoms with Crippen LogP contribution in [0, 0.1) is 0 Å². The number of nitrogens with one attached hydrogen (secondary N) is 3. The fraction of sp³-hybridized carbons (Fsp3) is 0. The summed E-state index contributed by atoms with van der Waals surface area (Å²) in [4.78, 5) is 37.3. The van der Waals surface area contributed by atoms with Gasteiger partial charge in [0, 0.05) is 5.69 Å². The largest absolute Gasteiger partial charge is 0.457 e. The topological polar surface area (TPSA) is 109 Å². The van der Waals surface area contributed by atoms with Gasteiger partial charge in [0.1, 0.15) is 11.5 Å². The molecule has 8 nitrogen and oxygen atoms in total. The number of nitrogens with zero attached hydrogens (tertiary/aromatic N) is 1. The van der Waals surface area contributed by atoms with Gasteiger partial charge >= 0.3 is 11.8 Å². The maximum atomic E-state index is 12.7. The molecular weight excluding hydrogens is 456 g/mol. The van der Waals surface area contributed by atoms with Crippen LogP contribution in [0.3, 0.4) is 0 Å². The van der Waals surface area contributed by atoms with Gasteiger partial charge in [-0.05, 0) is 54.1 Å². The van der Waals surface area contributed by atoms with Gasteiger partial charge in [-0.25, -0.2) is 5.43 Å². The molecule has 4 aromatic rings. The van der Waals surface area contributed by atoms with Gasteiger partial charge in [0.2, 0.25) is 0 Å². The van der Waals surface area contributed by atoms with E-state index in [9.17, 15) is 14.4 Å². The first-order chi connectivity index (χ1) is 17.6. The minimum Gasteiger partial charge on any atom is -0.457 e. The standard InChI is InChI=1S/C28H22N4O4/c33-26(30-21-11-3-1-4-12-21)24-16-7-8-17-25(24)31-27(34)28(35)32-29-19-20-10-9-15-23(18-20)36-22-13-5-2-6-14-22/h1-19H,(H,30,33)(H,31,34)(H,32,35). The first-order valence-corrected chi connectivity index (χ1v) is 11.0. The summed E-state index contributed by atoms with van der Waals surface area (Å²) < 4.78 is 5.77. The summed E-state index contributed by atoms with van der Waals surface area (Å²) in [6.45, 7) is 0. The molecule has 0 aliphatic rings. The lowest BCUT2D eigenvalue weighted by atomic mass is 10.1. The summed E-state index contributed by atoms with van der Waals surface area (Å²) in [6.07, 6.45) is 1.39. The maximum Gasteiger partial charge on any atom is 0.329 e. The Morgan fingerprint density at radius 2 is 1.33 bits per heavy atom. The molecule has 0 radical (unpaired) electrons. The van der Waals surface area contributed by atoms with Crippen LogP contribution in [0.25, 0.3) is 0 Å². The third-order valence-electron chi connectivity index (χ3n) is 4.87. The summed E-state index contributed by atoms with van der Waals surface area (Å²) >= 11 is 0. The van der Waals surface area contributed by atoms with E-state index < -0.39 is 17.7 Å². The number of amides is 3. The number of para-hydroxylation sites is 3. The second kappa shape index (κ2) is 11.8. The molecule has 3 N–H and O–H groups in total. The van der Waals surface area contributed by atoms with Gasteiger partial charge in [-0.2, -0.15) is 5.10 Å². The van der Waals surface area contributed by atoms with Gasteiger partial charge < -0.3 is 15.4 Å². The van der Waals surface area contributed by atoms with E-state index >= 15 is 0 Å². The number of hydrazone groups is 1. The maximum absolute atomic E-state index is 12.7. The van der Waals surface area contributed by atoms with E-state index in [1.54, 1.807) is 66.7 Å². The highest BCUT2D eigenvalue weighted by molar-refractivity contribution is 6.40. The summed E-state index contributed by atoms with van der Waals surface area (Å²) in [6, 6.07) is 31.7. The van der Waals surface area contributed by atoms with Crippen molar-refractivity contribution >= 4 is 35.3 Å².